The first-order chi connectivity index (χ1) is 9.77. The van der Waals surface area contributed by atoms with E-state index < -0.39 is 5.97 Å². The van der Waals surface area contributed by atoms with Crippen LogP contribution < -0.4 is 10.6 Å². The van der Waals surface area contributed by atoms with Crippen molar-refractivity contribution in [3.8, 4) is 0 Å². The van der Waals surface area contributed by atoms with Crippen LogP contribution >= 0.6 is 11.6 Å². The van der Waals surface area contributed by atoms with Crippen molar-refractivity contribution in [2.24, 2.45) is 5.92 Å². The van der Waals surface area contributed by atoms with Crippen molar-refractivity contribution in [3.63, 3.8) is 0 Å². The number of nitrogens with zero attached hydrogens (tertiary/aromatic N) is 1. The van der Waals surface area contributed by atoms with E-state index in [1.165, 1.54) is 0 Å². The lowest BCUT2D eigenvalue weighted by atomic mass is 10.0. The van der Waals surface area contributed by atoms with E-state index in [-0.39, 0.29) is 6.04 Å². The monoisotopic (exact) mass is 312 g/mol. The maximum absolute atomic E-state index is 12.2. The highest BCUT2D eigenvalue weighted by molar-refractivity contribution is 6.34. The number of rotatable bonds is 6. The number of anilines is 2. The Morgan fingerprint density at radius 2 is 2.00 bits per heavy atom. The summed E-state index contributed by atoms with van der Waals surface area (Å²) < 4.78 is 5.11. The molecule has 0 heterocycles. The summed E-state index contributed by atoms with van der Waals surface area (Å²) in [5, 5.41) is 0.469. The fourth-order valence-corrected chi connectivity index (χ4v) is 2.76. The molecule has 1 rings (SSSR count). The number of nitrogen functional groups attached to an aromatic ring is 1. The van der Waals surface area contributed by atoms with Crippen LogP contribution in [0.25, 0.3) is 0 Å². The van der Waals surface area contributed by atoms with Gasteiger partial charge >= 0.3 is 5.97 Å². The standard InChI is InChI=1S/C16H25ClN2O2/c1-6-21-16(20)13-8-12(18)9-14(17)15(13)19(5)11(4)7-10(2)3/h8-11H,6-7,18H2,1-5H3. The average molecular weight is 313 g/mol. The minimum absolute atomic E-state index is 0.249. The van der Waals surface area contributed by atoms with E-state index in [9.17, 15) is 4.79 Å². The zero-order valence-electron chi connectivity index (χ0n) is 13.4. The van der Waals surface area contributed by atoms with Crippen molar-refractivity contribution in [3.05, 3.63) is 22.7 Å². The summed E-state index contributed by atoms with van der Waals surface area (Å²) in [6.07, 6.45) is 0.999. The van der Waals surface area contributed by atoms with E-state index in [0.717, 1.165) is 6.42 Å². The molecule has 0 fully saturated rings. The van der Waals surface area contributed by atoms with Gasteiger partial charge in [0.25, 0.3) is 0 Å². The van der Waals surface area contributed by atoms with Crippen LogP contribution in [-0.2, 0) is 4.74 Å². The number of hydrogen-bond acceptors (Lipinski definition) is 4. The maximum Gasteiger partial charge on any atom is 0.340 e. The molecule has 1 aromatic rings. The molecule has 0 spiro atoms. The van der Waals surface area contributed by atoms with Gasteiger partial charge in [0.2, 0.25) is 0 Å². The van der Waals surface area contributed by atoms with Gasteiger partial charge in [0.1, 0.15) is 0 Å². The van der Waals surface area contributed by atoms with Crippen LogP contribution in [0, 0.1) is 5.92 Å². The molecule has 2 N–H and O–H groups in total. The van der Waals surface area contributed by atoms with E-state index in [4.69, 9.17) is 22.1 Å². The Morgan fingerprint density at radius 3 is 2.52 bits per heavy atom. The Labute approximate surface area is 132 Å². The van der Waals surface area contributed by atoms with E-state index >= 15 is 0 Å². The van der Waals surface area contributed by atoms with Gasteiger partial charge in [0.15, 0.2) is 0 Å². The van der Waals surface area contributed by atoms with Crippen LogP contribution in [0.5, 0.6) is 0 Å². The SMILES string of the molecule is CCOC(=O)c1cc(N)cc(Cl)c1N(C)C(C)CC(C)C. The Hall–Kier alpha value is -1.42. The van der Waals surface area contributed by atoms with Crippen LogP contribution in [0.15, 0.2) is 12.1 Å². The number of esters is 1. The molecule has 0 aliphatic carbocycles. The van der Waals surface area contributed by atoms with Crippen molar-refractivity contribution in [2.75, 3.05) is 24.3 Å². The molecule has 0 bridgehead atoms. The van der Waals surface area contributed by atoms with Crippen molar-refractivity contribution >= 4 is 28.9 Å². The topological polar surface area (TPSA) is 55.6 Å². The van der Waals surface area contributed by atoms with Gasteiger partial charge in [-0.15, -0.1) is 0 Å². The van der Waals surface area contributed by atoms with Crippen LogP contribution in [0.2, 0.25) is 5.02 Å². The van der Waals surface area contributed by atoms with Crippen molar-refractivity contribution in [1.29, 1.82) is 0 Å². The highest BCUT2D eigenvalue weighted by atomic mass is 35.5. The molecule has 5 heteroatoms. The number of carbonyl (C=O) groups is 1. The first kappa shape index (κ1) is 17.6. The molecule has 0 aliphatic rings. The van der Waals surface area contributed by atoms with Crippen LogP contribution in [0.1, 0.15) is 44.5 Å². The fourth-order valence-electron chi connectivity index (χ4n) is 2.40. The van der Waals surface area contributed by atoms with Gasteiger partial charge in [-0.1, -0.05) is 25.4 Å². The predicted octanol–water partition coefficient (Wildman–Crippen LogP) is 3.97. The summed E-state index contributed by atoms with van der Waals surface area (Å²) in [6, 6.07) is 3.54. The summed E-state index contributed by atoms with van der Waals surface area (Å²) in [7, 11) is 1.94. The van der Waals surface area contributed by atoms with Crippen LogP contribution in [0.3, 0.4) is 0 Å². The Morgan fingerprint density at radius 1 is 1.38 bits per heavy atom. The van der Waals surface area contributed by atoms with E-state index in [1.54, 1.807) is 19.1 Å². The average Bonchev–Trinajstić information content (AvgIpc) is 2.36. The number of benzene rings is 1. The van der Waals surface area contributed by atoms with Gasteiger partial charge < -0.3 is 15.4 Å². The molecular weight excluding hydrogens is 288 g/mol. The maximum atomic E-state index is 12.2. The second-order valence-electron chi connectivity index (χ2n) is 5.71. The molecule has 1 atom stereocenters. The second kappa shape index (κ2) is 7.55. The summed E-state index contributed by atoms with van der Waals surface area (Å²) in [5.41, 5.74) is 7.36. The molecule has 0 saturated carbocycles. The summed E-state index contributed by atoms with van der Waals surface area (Å²) in [6.45, 7) is 8.54. The van der Waals surface area contributed by atoms with E-state index in [0.29, 0.717) is 34.5 Å². The Bertz CT molecular complexity index is 503. The van der Waals surface area contributed by atoms with Gasteiger partial charge in [0, 0.05) is 18.8 Å². The minimum atomic E-state index is -0.398. The molecule has 0 amide bonds. The van der Waals surface area contributed by atoms with Gasteiger partial charge in [-0.2, -0.15) is 0 Å². The third-order valence-electron chi connectivity index (χ3n) is 3.41. The molecule has 0 radical (unpaired) electrons. The number of halogens is 1. The minimum Gasteiger partial charge on any atom is -0.462 e. The summed E-state index contributed by atoms with van der Waals surface area (Å²) >= 11 is 6.32. The van der Waals surface area contributed by atoms with E-state index in [2.05, 4.69) is 20.8 Å². The van der Waals surface area contributed by atoms with Crippen LogP contribution in [0.4, 0.5) is 11.4 Å². The summed E-state index contributed by atoms with van der Waals surface area (Å²) in [5.74, 6) is 0.159. The quantitative estimate of drug-likeness (QED) is 0.638. The number of hydrogen-bond donors (Lipinski definition) is 1. The van der Waals surface area contributed by atoms with E-state index in [1.807, 2.05) is 11.9 Å². The van der Waals surface area contributed by atoms with Crippen molar-refractivity contribution in [1.82, 2.24) is 0 Å². The molecule has 0 aliphatic heterocycles. The Balaban J connectivity index is 3.23. The molecular formula is C16H25ClN2O2. The highest BCUT2D eigenvalue weighted by Gasteiger charge is 2.23. The molecule has 4 nitrogen and oxygen atoms in total. The molecule has 21 heavy (non-hydrogen) atoms. The molecule has 0 saturated heterocycles. The molecule has 1 aromatic carbocycles. The van der Waals surface area contributed by atoms with Gasteiger partial charge in [-0.25, -0.2) is 4.79 Å². The normalized spacial score (nSPS) is 12.3. The number of ether oxygens (including phenoxy) is 1. The van der Waals surface area contributed by atoms with Crippen molar-refractivity contribution in [2.45, 2.75) is 40.2 Å². The lowest BCUT2D eigenvalue weighted by Crippen LogP contribution is -2.32. The van der Waals surface area contributed by atoms with Crippen molar-refractivity contribution < 1.29 is 9.53 Å². The predicted molar refractivity (Wildman–Crippen MR) is 89.1 cm³/mol. The first-order valence-corrected chi connectivity index (χ1v) is 7.64. The van der Waals surface area contributed by atoms with Gasteiger partial charge in [-0.3, -0.25) is 0 Å². The largest absolute Gasteiger partial charge is 0.462 e. The smallest absolute Gasteiger partial charge is 0.340 e. The zero-order valence-corrected chi connectivity index (χ0v) is 14.2. The molecule has 1 unspecified atom stereocenters. The van der Waals surface area contributed by atoms with Gasteiger partial charge in [0.05, 0.1) is 22.9 Å². The third kappa shape index (κ3) is 4.53. The fraction of sp³-hybridized carbons (Fsp3) is 0.562. The summed E-state index contributed by atoms with van der Waals surface area (Å²) in [4.78, 5) is 14.2. The molecule has 118 valence electrons. The Kier molecular flexibility index (Phi) is 6.34. The van der Waals surface area contributed by atoms with Crippen LogP contribution in [-0.4, -0.2) is 25.7 Å². The number of carbonyl (C=O) groups excluding carboxylic acids is 1. The first-order valence-electron chi connectivity index (χ1n) is 7.26. The lowest BCUT2D eigenvalue weighted by Gasteiger charge is -2.30. The third-order valence-corrected chi connectivity index (χ3v) is 3.70. The van der Waals surface area contributed by atoms with Gasteiger partial charge in [-0.05, 0) is 38.3 Å². The zero-order chi connectivity index (χ0) is 16.2. The highest BCUT2D eigenvalue weighted by Crippen LogP contribution is 2.34. The second-order valence-corrected chi connectivity index (χ2v) is 6.12. The number of nitrogens with two attached hydrogens (primary N) is 1. The molecule has 0 aromatic heterocycles. The lowest BCUT2D eigenvalue weighted by molar-refractivity contribution is 0.0527.